The van der Waals surface area contributed by atoms with E-state index in [4.69, 9.17) is 69.8 Å². The van der Waals surface area contributed by atoms with Gasteiger partial charge in [0.05, 0.1) is 119 Å². The number of nitrogens with zero attached hydrogens (tertiary/aromatic N) is 17. The van der Waals surface area contributed by atoms with Gasteiger partial charge in [0.2, 0.25) is 29.4 Å². The minimum Gasteiger partial charge on any atom is -0.477 e. The van der Waals surface area contributed by atoms with Crippen LogP contribution in [0.4, 0.5) is 31.8 Å². The number of nitro benzene ring substituents is 1. The molecule has 0 aliphatic carbocycles. The average molecular weight is 2040 g/mol. The van der Waals surface area contributed by atoms with Gasteiger partial charge in [-0.15, -0.1) is 0 Å². The lowest BCUT2D eigenvalue weighted by Gasteiger charge is -2.34. The van der Waals surface area contributed by atoms with Crippen molar-refractivity contribution >= 4 is 109 Å². The number of nitro groups is 1. The van der Waals surface area contributed by atoms with Crippen LogP contribution in [-0.2, 0) is 113 Å². The second kappa shape index (κ2) is 54.3. The predicted molar refractivity (Wildman–Crippen MR) is 544 cm³/mol. The molecule has 0 radical (unpaired) electrons. The van der Waals surface area contributed by atoms with Gasteiger partial charge in [-0.25, -0.2) is 38.1 Å². The molecule has 13 aromatic rings. The third kappa shape index (κ3) is 29.8. The van der Waals surface area contributed by atoms with Crippen LogP contribution in [0.2, 0.25) is 5.28 Å². The molecule has 17 rings (SSSR count). The van der Waals surface area contributed by atoms with E-state index in [-0.39, 0.29) is 119 Å². The number of nitrogens with one attached hydrogen (secondary N) is 2. The van der Waals surface area contributed by atoms with E-state index >= 15 is 4.39 Å². The summed E-state index contributed by atoms with van der Waals surface area (Å²) >= 11 is 5.60. The number of aryl methyl sites for hydroxylation is 5. The number of rotatable bonds is 33. The number of hydrogen-bond acceptors (Lipinski definition) is 31. The van der Waals surface area contributed by atoms with Crippen LogP contribution in [0.25, 0.3) is 44.4 Å². The number of H-pyrrole nitrogens is 1. The number of carboxylic acid groups (broad SMARTS) is 1. The fourth-order valence-electron chi connectivity index (χ4n) is 15.8. The molecule has 42 nitrogen and oxygen atoms in total. The molecule has 2 fully saturated rings. The Balaban J connectivity index is 0.000000163. The van der Waals surface area contributed by atoms with Crippen LogP contribution in [0.5, 0.6) is 11.5 Å². The molecule has 2 saturated heterocycles. The molecule has 146 heavy (non-hydrogen) atoms. The highest BCUT2D eigenvalue weighted by Crippen LogP contribution is 2.37. The molecule has 5 N–H and O–H groups in total. The number of pyridine rings is 1. The van der Waals surface area contributed by atoms with Crippen molar-refractivity contribution in [1.29, 1.82) is 0 Å². The summed E-state index contributed by atoms with van der Waals surface area (Å²) in [5.41, 5.74) is 12.3. The van der Waals surface area contributed by atoms with Gasteiger partial charge in [-0.05, 0) is 105 Å². The molecular formula is C101H123ClF2N20O22. The maximum absolute atomic E-state index is 15.2. The average Bonchev–Trinajstić information content (AvgIpc) is 1.07. The zero-order valence-corrected chi connectivity index (χ0v) is 84.5. The summed E-state index contributed by atoms with van der Waals surface area (Å²) in [5, 5.41) is 23.2. The number of fused-ring (bicyclic) bond motifs is 6. The number of amides is 1. The summed E-state index contributed by atoms with van der Waals surface area (Å²) in [4.78, 5) is 147. The Morgan fingerprint density at radius 2 is 1.31 bits per heavy atom. The van der Waals surface area contributed by atoms with Crippen molar-refractivity contribution < 1.29 is 85.4 Å². The fourth-order valence-corrected chi connectivity index (χ4v) is 16.0. The van der Waals surface area contributed by atoms with E-state index < -0.39 is 50.5 Å². The third-order valence-electron chi connectivity index (χ3n) is 23.5. The standard InChI is InChI=1S/C19H30O5.C17H19F2N3O3.C17H21NO.C16H13N3O3.C14H19N5O4.C11H14N4O4.C7H7ClN4O2/c1-3-5-7-20-8-9-21-10-11-22-14-17-13-19-18(23-15-24-19)12-16(17)6-4-2;1-3-21-8-11(17(24)25)16(23)10-6-12(18)15(13(19)14(10)21)22-5-4-20-9(2)7-22;1-18(2)13-14-19-17(15-9-5-3-6-10-15)16-11-7-4-8-12-16;1-18-14-8-7-12(19(21)22)9-13(14)16(17-10-15(18)20)11-5-3-2-4-6-11;1-9(20)22-6-11(7-23-10(2)21)3-4-19-8-17-12-5-16-14(15)18-13(12)19;1-13-9-8(10(16)14(2)11(13)17)15(6-12-9)5-7-18-3-4-19-7;1-11-4-3(9-6(8)10-4)5(13)12(2)7(11)14/h12-13H,3-11,14-15H2,1-2H3;6,8-9,20H,3-5,7H2,1-2H3,(H,24,25);3-12,17H,13-14H2,1-2H3;2-9H,10H2,1H3;5,8,11H,3-4,6-7H2,1-2H3,(H2,15,16,18);6-7H,3-5H2,1-2H3;1-2H3,(H,9,10). The maximum atomic E-state index is 15.2. The number of likely N-dealkylation sites (N-methyl/N-ethyl adjacent to an activating group) is 2. The van der Waals surface area contributed by atoms with E-state index in [9.17, 15) is 57.7 Å². The van der Waals surface area contributed by atoms with Gasteiger partial charge in [-0.1, -0.05) is 118 Å². The van der Waals surface area contributed by atoms with Gasteiger partial charge in [0.25, 0.3) is 16.8 Å². The van der Waals surface area contributed by atoms with Gasteiger partial charge < -0.3 is 96.9 Å². The number of anilines is 3. The van der Waals surface area contributed by atoms with Crippen molar-refractivity contribution in [2.24, 2.45) is 39.1 Å². The molecular weight excluding hydrogens is 1920 g/mol. The lowest BCUT2D eigenvalue weighted by atomic mass is 9.99. The highest BCUT2D eigenvalue weighted by Gasteiger charge is 2.31. The number of carboxylic acids is 1. The van der Waals surface area contributed by atoms with Crippen LogP contribution in [-0.4, -0.2) is 245 Å². The van der Waals surface area contributed by atoms with Gasteiger partial charge in [0.15, 0.2) is 51.6 Å². The molecule has 7 aromatic heterocycles. The summed E-state index contributed by atoms with van der Waals surface area (Å²) in [6.45, 7) is 20.6. The summed E-state index contributed by atoms with van der Waals surface area (Å²) in [5.74, 6) is -2.28. The van der Waals surface area contributed by atoms with E-state index in [1.807, 2.05) is 60.0 Å². The topological polar surface area (TPSA) is 484 Å². The number of aromatic nitrogens is 13. The summed E-state index contributed by atoms with van der Waals surface area (Å²) in [6.07, 6.45) is 10.5. The molecule has 45 heteroatoms. The van der Waals surface area contributed by atoms with Crippen molar-refractivity contribution in [3.63, 3.8) is 0 Å². The first-order valence-electron chi connectivity index (χ1n) is 47.4. The number of esters is 2. The Morgan fingerprint density at radius 3 is 1.91 bits per heavy atom. The van der Waals surface area contributed by atoms with Crippen molar-refractivity contribution in [2.45, 2.75) is 118 Å². The number of benzodiazepines with no additional fused rings is 1. The second-order valence-corrected chi connectivity index (χ2v) is 34.7. The van der Waals surface area contributed by atoms with Gasteiger partial charge in [0.1, 0.15) is 35.2 Å². The van der Waals surface area contributed by atoms with Gasteiger partial charge in [0, 0.05) is 136 Å². The van der Waals surface area contributed by atoms with Crippen molar-refractivity contribution in [1.82, 2.24) is 72.1 Å². The summed E-state index contributed by atoms with van der Waals surface area (Å²) in [7, 11) is 11.7. The molecule has 4 aliphatic rings. The number of piperazine rings is 1. The quantitative estimate of drug-likeness (QED) is 0.00976. The fraction of sp³-hybridized carbons (Fsp3) is 0.416. The lowest BCUT2D eigenvalue weighted by Crippen LogP contribution is -2.49. The van der Waals surface area contributed by atoms with Crippen LogP contribution in [0.1, 0.15) is 117 Å². The Bertz CT molecular complexity index is 6950. The third-order valence-corrected chi connectivity index (χ3v) is 23.7. The molecule has 1 amide bonds. The Kier molecular flexibility index (Phi) is 41.6. The van der Waals surface area contributed by atoms with Gasteiger partial charge in [-0.2, -0.15) is 9.97 Å². The highest BCUT2D eigenvalue weighted by molar-refractivity contribution is 6.29. The molecule has 0 bridgehead atoms. The van der Waals surface area contributed by atoms with Crippen LogP contribution in [0, 0.1) is 27.7 Å². The lowest BCUT2D eigenvalue weighted by molar-refractivity contribution is -0.384. The first-order chi connectivity index (χ1) is 70.1. The monoisotopic (exact) mass is 2040 g/mol. The zero-order chi connectivity index (χ0) is 105. The summed E-state index contributed by atoms with van der Waals surface area (Å²) < 4.78 is 93.8. The number of aromatic carboxylic acids is 1. The Labute approximate surface area is 843 Å². The van der Waals surface area contributed by atoms with E-state index in [1.165, 1.54) is 94.3 Å². The van der Waals surface area contributed by atoms with E-state index in [1.54, 1.807) is 49.1 Å². The number of hydrogen-bond donors (Lipinski definition) is 4. The number of carbonyl (C=O) groups is 4. The van der Waals surface area contributed by atoms with E-state index in [2.05, 4.69) is 128 Å². The van der Waals surface area contributed by atoms with Crippen molar-refractivity contribution in [2.75, 3.05) is 142 Å². The maximum Gasteiger partial charge on any atom is 0.341 e. The van der Waals surface area contributed by atoms with Crippen LogP contribution in [0.15, 0.2) is 181 Å². The van der Waals surface area contributed by atoms with E-state index in [0.29, 0.717) is 131 Å². The molecule has 0 saturated carbocycles. The molecule has 0 spiro atoms. The molecule has 780 valence electrons. The number of halogens is 3. The number of nitrogens with two attached hydrogens (primary N) is 1. The molecule has 1 unspecified atom stereocenters. The van der Waals surface area contributed by atoms with Crippen LogP contribution in [0.3, 0.4) is 0 Å². The first kappa shape index (κ1) is 112. The predicted octanol–water partition coefficient (Wildman–Crippen LogP) is 10.2. The number of imidazole rings is 3. The Hall–Kier alpha value is -14.6. The smallest absolute Gasteiger partial charge is 0.341 e. The highest BCUT2D eigenvalue weighted by atomic mass is 35.5. The second-order valence-electron chi connectivity index (χ2n) is 34.4. The number of benzene rings is 6. The Morgan fingerprint density at radius 1 is 0.699 bits per heavy atom. The van der Waals surface area contributed by atoms with Gasteiger partial charge in [-0.3, -0.25) is 62.1 Å². The number of unbranched alkanes of at least 4 members (excludes halogenated alkanes) is 1. The number of non-ortho nitro benzene ring substituents is 1. The molecule has 4 aliphatic heterocycles. The van der Waals surface area contributed by atoms with Crippen molar-refractivity contribution in [3.8, 4) is 11.5 Å². The van der Waals surface area contributed by atoms with E-state index in [0.717, 1.165) is 83.9 Å². The van der Waals surface area contributed by atoms with Gasteiger partial charge >= 0.3 is 29.3 Å². The van der Waals surface area contributed by atoms with Crippen molar-refractivity contribution in [3.05, 3.63) is 270 Å². The van der Waals surface area contributed by atoms with Crippen LogP contribution < -0.4 is 58.3 Å². The minimum absolute atomic E-state index is 0.0161. The largest absolute Gasteiger partial charge is 0.477 e. The minimum atomic E-state index is -1.42. The number of aromatic amines is 1. The number of nitrogen functional groups attached to an aromatic ring is 1. The molecule has 11 heterocycles. The number of carbonyl (C=O) groups excluding carboxylic acids is 3. The molecule has 6 aromatic carbocycles. The normalized spacial score (nSPS) is 13.7. The number of ether oxygens (including phenoxy) is 10. The summed E-state index contributed by atoms with van der Waals surface area (Å²) in [6, 6.07) is 39.7. The van der Waals surface area contributed by atoms with Crippen LogP contribution >= 0.6 is 11.6 Å². The SMILES string of the molecule is CC(=O)OCC(CCn1cnc2cnc(N)nc21)COC(C)=O.CCCCOCCOCCOCc1cc2c(cc1CCC)OCO2.CCn1cc(C(=O)O)c(=O)c2cc(F)c(N3CCNC(C)C3)c(F)c21.CN(C)CCOC(c1ccccc1)c1ccccc1.CN1C(=O)CN=C(c2ccccc2)c2cc([N+](=O)[O-])ccc21.Cn1c(=O)c2[nH]c(Cl)nc2n(C)c1=O.Cn1c(=O)c2c(ncn2CC2OCCO2)n(C)c1=O. The number of aliphatic imine (C=N–C) groups is 1. The zero-order valence-electron chi connectivity index (χ0n) is 83.8. The molecule has 1 atom stereocenters. The first-order valence-corrected chi connectivity index (χ1v) is 47.8.